The molecule has 3 aromatic carbocycles. The lowest BCUT2D eigenvalue weighted by Crippen LogP contribution is -2.45. The Bertz CT molecular complexity index is 1060. The van der Waals surface area contributed by atoms with Crippen LogP contribution in [-0.4, -0.2) is 41.8 Å². The molecule has 154 valence electrons. The summed E-state index contributed by atoms with van der Waals surface area (Å²) >= 11 is 0. The molecule has 4 rings (SSSR count). The van der Waals surface area contributed by atoms with Crippen LogP contribution < -0.4 is 0 Å². The van der Waals surface area contributed by atoms with Crippen LogP contribution >= 0.6 is 0 Å². The van der Waals surface area contributed by atoms with E-state index in [1.165, 1.54) is 29.7 Å². The Hall–Kier alpha value is -3.21. The summed E-state index contributed by atoms with van der Waals surface area (Å²) in [5.74, 6) is -0.674. The zero-order chi connectivity index (χ0) is 21.1. The number of piperidine rings is 1. The second-order valence-corrected chi connectivity index (χ2v) is 7.97. The normalized spacial score (nSPS) is 16.5. The number of likely N-dealkylation sites (tertiary alicyclic amines) is 1. The van der Waals surface area contributed by atoms with E-state index < -0.39 is 0 Å². The van der Waals surface area contributed by atoms with E-state index in [9.17, 15) is 14.0 Å². The van der Waals surface area contributed by atoms with Crippen LogP contribution in [0.15, 0.2) is 66.7 Å². The number of carbonyl (C=O) groups excluding carboxylic acids is 2. The van der Waals surface area contributed by atoms with E-state index in [4.69, 9.17) is 0 Å². The van der Waals surface area contributed by atoms with Gasteiger partial charge in [-0.25, -0.2) is 4.39 Å². The highest BCUT2D eigenvalue weighted by molar-refractivity contribution is 5.94. The molecule has 0 aliphatic carbocycles. The third-order valence-corrected chi connectivity index (χ3v) is 5.76. The van der Waals surface area contributed by atoms with E-state index in [2.05, 4.69) is 30.3 Å². The van der Waals surface area contributed by atoms with Crippen LogP contribution in [0.25, 0.3) is 10.8 Å². The van der Waals surface area contributed by atoms with Crippen LogP contribution in [0, 0.1) is 11.7 Å². The van der Waals surface area contributed by atoms with E-state index in [-0.39, 0.29) is 23.5 Å². The van der Waals surface area contributed by atoms with Gasteiger partial charge >= 0.3 is 0 Å². The topological polar surface area (TPSA) is 40.6 Å². The molecule has 0 spiro atoms. The van der Waals surface area contributed by atoms with Crippen molar-refractivity contribution in [2.75, 3.05) is 20.1 Å². The first-order valence-electron chi connectivity index (χ1n) is 10.3. The lowest BCUT2D eigenvalue weighted by Gasteiger charge is -2.34. The van der Waals surface area contributed by atoms with Crippen molar-refractivity contribution in [2.45, 2.75) is 19.4 Å². The molecule has 0 bridgehead atoms. The number of hydrogen-bond acceptors (Lipinski definition) is 2. The second-order valence-electron chi connectivity index (χ2n) is 7.97. The molecule has 3 aromatic rings. The van der Waals surface area contributed by atoms with Gasteiger partial charge in [0.05, 0.1) is 5.92 Å². The lowest BCUT2D eigenvalue weighted by molar-refractivity contribution is -0.136. The summed E-state index contributed by atoms with van der Waals surface area (Å²) in [6.07, 6.45) is 1.56. The van der Waals surface area contributed by atoms with Crippen molar-refractivity contribution in [3.63, 3.8) is 0 Å². The van der Waals surface area contributed by atoms with Crippen molar-refractivity contribution in [3.05, 3.63) is 83.7 Å². The number of fused-ring (bicyclic) bond motifs is 1. The zero-order valence-corrected chi connectivity index (χ0v) is 17.1. The van der Waals surface area contributed by atoms with E-state index >= 15 is 0 Å². The van der Waals surface area contributed by atoms with Gasteiger partial charge in [-0.15, -0.1) is 0 Å². The summed E-state index contributed by atoms with van der Waals surface area (Å²) in [4.78, 5) is 29.3. The van der Waals surface area contributed by atoms with Gasteiger partial charge in [-0.05, 0) is 59.5 Å². The lowest BCUT2D eigenvalue weighted by atomic mass is 9.95. The van der Waals surface area contributed by atoms with Crippen LogP contribution in [0.4, 0.5) is 4.39 Å². The van der Waals surface area contributed by atoms with E-state index in [1.807, 2.05) is 19.2 Å². The maximum Gasteiger partial charge on any atom is 0.253 e. The number of amides is 2. The molecule has 1 fully saturated rings. The molecular formula is C25H25FN2O2. The van der Waals surface area contributed by atoms with Gasteiger partial charge in [0.1, 0.15) is 5.82 Å². The smallest absolute Gasteiger partial charge is 0.253 e. The van der Waals surface area contributed by atoms with Crippen LogP contribution in [0.1, 0.15) is 28.8 Å². The summed E-state index contributed by atoms with van der Waals surface area (Å²) in [5, 5.41) is 2.34. The maximum atomic E-state index is 13.1. The minimum absolute atomic E-state index is 0.0553. The highest BCUT2D eigenvalue weighted by atomic mass is 19.1. The Kier molecular flexibility index (Phi) is 5.79. The van der Waals surface area contributed by atoms with Crippen molar-refractivity contribution < 1.29 is 14.0 Å². The summed E-state index contributed by atoms with van der Waals surface area (Å²) in [7, 11) is 1.82. The van der Waals surface area contributed by atoms with Crippen molar-refractivity contribution in [1.82, 2.24) is 9.80 Å². The molecule has 4 nitrogen and oxygen atoms in total. The number of hydrogen-bond donors (Lipinski definition) is 0. The Morgan fingerprint density at radius 3 is 2.53 bits per heavy atom. The monoisotopic (exact) mass is 404 g/mol. The minimum Gasteiger partial charge on any atom is -0.341 e. The van der Waals surface area contributed by atoms with Gasteiger partial charge in [-0.2, -0.15) is 0 Å². The van der Waals surface area contributed by atoms with Gasteiger partial charge in [0.2, 0.25) is 5.91 Å². The third-order valence-electron chi connectivity index (χ3n) is 5.76. The molecule has 0 N–H and O–H groups in total. The molecule has 0 radical (unpaired) electrons. The molecule has 0 unspecified atom stereocenters. The van der Waals surface area contributed by atoms with Crippen LogP contribution in [0.5, 0.6) is 0 Å². The first-order chi connectivity index (χ1) is 14.5. The van der Waals surface area contributed by atoms with E-state index in [0.29, 0.717) is 25.2 Å². The Labute approximate surface area is 175 Å². The average molecular weight is 404 g/mol. The molecule has 1 atom stereocenters. The third kappa shape index (κ3) is 4.35. The SMILES string of the molecule is CN(Cc1ccc2ccccc2c1)C(=O)[C@H]1CCCN(C(=O)c2ccc(F)cc2)C1. The fourth-order valence-electron chi connectivity index (χ4n) is 4.14. The summed E-state index contributed by atoms with van der Waals surface area (Å²) in [6, 6.07) is 20.0. The zero-order valence-electron chi connectivity index (χ0n) is 17.1. The molecule has 30 heavy (non-hydrogen) atoms. The van der Waals surface area contributed by atoms with Crippen molar-refractivity contribution >= 4 is 22.6 Å². The van der Waals surface area contributed by atoms with E-state index in [1.54, 1.807) is 9.80 Å². The number of halogens is 1. The van der Waals surface area contributed by atoms with Gasteiger partial charge in [0.25, 0.3) is 5.91 Å². The molecule has 5 heteroatoms. The van der Waals surface area contributed by atoms with Gasteiger partial charge in [0.15, 0.2) is 0 Å². The predicted molar refractivity (Wildman–Crippen MR) is 115 cm³/mol. The Morgan fingerprint density at radius 1 is 1.03 bits per heavy atom. The first-order valence-corrected chi connectivity index (χ1v) is 10.3. The van der Waals surface area contributed by atoms with Crippen LogP contribution in [0.3, 0.4) is 0 Å². The highest BCUT2D eigenvalue weighted by Gasteiger charge is 2.30. The number of rotatable bonds is 4. The molecule has 0 saturated carbocycles. The molecule has 1 aliphatic rings. The maximum absolute atomic E-state index is 13.1. The van der Waals surface area contributed by atoms with Gasteiger partial charge in [-0.3, -0.25) is 9.59 Å². The molecule has 2 amide bonds. The molecule has 1 saturated heterocycles. The van der Waals surface area contributed by atoms with Gasteiger partial charge in [-0.1, -0.05) is 36.4 Å². The molecular weight excluding hydrogens is 379 g/mol. The number of carbonyl (C=O) groups is 2. The predicted octanol–water partition coefficient (Wildman–Crippen LogP) is 4.49. The second kappa shape index (κ2) is 8.66. The fourth-order valence-corrected chi connectivity index (χ4v) is 4.14. The summed E-state index contributed by atoms with van der Waals surface area (Å²) < 4.78 is 13.1. The Balaban J connectivity index is 1.41. The average Bonchev–Trinajstić information content (AvgIpc) is 2.78. The van der Waals surface area contributed by atoms with Crippen LogP contribution in [0.2, 0.25) is 0 Å². The summed E-state index contributed by atoms with van der Waals surface area (Å²) in [6.45, 7) is 1.55. The Morgan fingerprint density at radius 2 is 1.77 bits per heavy atom. The molecule has 0 aromatic heterocycles. The molecule has 1 heterocycles. The van der Waals surface area contributed by atoms with Crippen LogP contribution in [-0.2, 0) is 11.3 Å². The van der Waals surface area contributed by atoms with Gasteiger partial charge in [0, 0.05) is 32.2 Å². The largest absolute Gasteiger partial charge is 0.341 e. The van der Waals surface area contributed by atoms with Crippen molar-refractivity contribution in [1.29, 1.82) is 0 Å². The minimum atomic E-state index is -0.367. The van der Waals surface area contributed by atoms with Gasteiger partial charge < -0.3 is 9.80 Å². The van der Waals surface area contributed by atoms with Crippen molar-refractivity contribution in [2.24, 2.45) is 5.92 Å². The van der Waals surface area contributed by atoms with E-state index in [0.717, 1.165) is 23.8 Å². The summed E-state index contributed by atoms with van der Waals surface area (Å²) in [5.41, 5.74) is 1.54. The molecule has 1 aliphatic heterocycles. The first kappa shape index (κ1) is 20.1. The number of benzene rings is 3. The standard InChI is InChI=1S/C25H25FN2O2/c1-27(16-18-8-9-19-5-2-3-6-21(19)15-18)24(29)22-7-4-14-28(17-22)25(30)20-10-12-23(26)13-11-20/h2-3,5-6,8-13,15,22H,4,7,14,16-17H2,1H3/t22-/m0/s1. The number of nitrogens with zero attached hydrogens (tertiary/aromatic N) is 2. The van der Waals surface area contributed by atoms with Crippen molar-refractivity contribution in [3.8, 4) is 0 Å². The fraction of sp³-hybridized carbons (Fsp3) is 0.280. The highest BCUT2D eigenvalue weighted by Crippen LogP contribution is 2.22. The quantitative estimate of drug-likeness (QED) is 0.643.